The van der Waals surface area contributed by atoms with Crippen molar-refractivity contribution >= 4 is 38.7 Å². The Labute approximate surface area is 133 Å². The van der Waals surface area contributed by atoms with Gasteiger partial charge in [-0.2, -0.15) is 0 Å². The van der Waals surface area contributed by atoms with Crippen LogP contribution in [-0.4, -0.2) is 9.97 Å². The van der Waals surface area contributed by atoms with E-state index < -0.39 is 0 Å². The van der Waals surface area contributed by atoms with Crippen LogP contribution < -0.4 is 11.1 Å². The summed E-state index contributed by atoms with van der Waals surface area (Å²) in [7, 11) is 0. The standard InChI is InChI=1S/C17H18N4S/c1-10-19-16(21-12-8-6-11(18)7-9-12)15-13-4-2-3-5-14(13)22-17(15)20-10/h6-9H,2-5,18H2,1H3,(H,19,20,21). The number of benzene rings is 1. The summed E-state index contributed by atoms with van der Waals surface area (Å²) in [5.74, 6) is 1.73. The van der Waals surface area contributed by atoms with E-state index in [1.165, 1.54) is 35.1 Å². The molecule has 2 heterocycles. The van der Waals surface area contributed by atoms with Crippen molar-refractivity contribution < 1.29 is 0 Å². The molecule has 4 nitrogen and oxygen atoms in total. The minimum atomic E-state index is 0.766. The van der Waals surface area contributed by atoms with Crippen molar-refractivity contribution in [2.24, 2.45) is 0 Å². The summed E-state index contributed by atoms with van der Waals surface area (Å²) in [4.78, 5) is 11.9. The van der Waals surface area contributed by atoms with Crippen molar-refractivity contribution in [3.63, 3.8) is 0 Å². The Morgan fingerprint density at radius 2 is 1.86 bits per heavy atom. The van der Waals surface area contributed by atoms with Gasteiger partial charge >= 0.3 is 0 Å². The summed E-state index contributed by atoms with van der Waals surface area (Å²) >= 11 is 1.83. The van der Waals surface area contributed by atoms with Crippen molar-refractivity contribution in [3.05, 3.63) is 40.5 Å². The van der Waals surface area contributed by atoms with E-state index in [-0.39, 0.29) is 0 Å². The van der Waals surface area contributed by atoms with Gasteiger partial charge in [-0.1, -0.05) is 0 Å². The zero-order chi connectivity index (χ0) is 15.1. The number of nitrogens with zero attached hydrogens (tertiary/aromatic N) is 2. The SMILES string of the molecule is Cc1nc(Nc2ccc(N)cc2)c2c3c(sc2n1)CCCC3. The maximum Gasteiger partial charge on any atom is 0.143 e. The molecule has 4 rings (SSSR count). The molecule has 1 aromatic carbocycles. The Kier molecular flexibility index (Phi) is 3.22. The lowest BCUT2D eigenvalue weighted by atomic mass is 9.97. The van der Waals surface area contributed by atoms with Gasteiger partial charge in [0.25, 0.3) is 0 Å². The summed E-state index contributed by atoms with van der Waals surface area (Å²) in [6.07, 6.45) is 4.86. The van der Waals surface area contributed by atoms with Gasteiger partial charge in [-0.15, -0.1) is 11.3 Å². The van der Waals surface area contributed by atoms with E-state index in [9.17, 15) is 0 Å². The molecule has 0 radical (unpaired) electrons. The molecular formula is C17H18N4S. The van der Waals surface area contributed by atoms with Gasteiger partial charge in [0.15, 0.2) is 0 Å². The molecule has 112 valence electrons. The third-order valence-electron chi connectivity index (χ3n) is 4.10. The molecule has 0 atom stereocenters. The van der Waals surface area contributed by atoms with Gasteiger partial charge in [-0.3, -0.25) is 0 Å². The van der Waals surface area contributed by atoms with E-state index in [0.717, 1.165) is 34.3 Å². The average molecular weight is 310 g/mol. The minimum absolute atomic E-state index is 0.766. The van der Waals surface area contributed by atoms with Crippen LogP contribution in [0.4, 0.5) is 17.2 Å². The fraction of sp³-hybridized carbons (Fsp3) is 0.294. The first-order chi connectivity index (χ1) is 10.7. The number of nitrogen functional groups attached to an aromatic ring is 1. The smallest absolute Gasteiger partial charge is 0.143 e. The van der Waals surface area contributed by atoms with Crippen molar-refractivity contribution in [2.75, 3.05) is 11.1 Å². The summed E-state index contributed by atoms with van der Waals surface area (Å²) in [6, 6.07) is 7.77. The first kappa shape index (κ1) is 13.5. The van der Waals surface area contributed by atoms with Crippen LogP contribution >= 0.6 is 11.3 Å². The predicted octanol–water partition coefficient (Wildman–Crippen LogP) is 4.20. The summed E-state index contributed by atoms with van der Waals surface area (Å²) in [5, 5.41) is 4.66. The molecule has 0 amide bonds. The highest BCUT2D eigenvalue weighted by molar-refractivity contribution is 7.19. The Hall–Kier alpha value is -2.14. The van der Waals surface area contributed by atoms with Gasteiger partial charge in [-0.25, -0.2) is 9.97 Å². The number of thiophene rings is 1. The fourth-order valence-electron chi connectivity index (χ4n) is 3.06. The van der Waals surface area contributed by atoms with Crippen LogP contribution in [0.1, 0.15) is 29.1 Å². The molecule has 22 heavy (non-hydrogen) atoms. The zero-order valence-corrected chi connectivity index (χ0v) is 13.3. The highest BCUT2D eigenvalue weighted by Gasteiger charge is 2.20. The second-order valence-corrected chi connectivity index (χ2v) is 6.84. The van der Waals surface area contributed by atoms with Crippen molar-refractivity contribution in [2.45, 2.75) is 32.6 Å². The first-order valence-electron chi connectivity index (χ1n) is 7.62. The van der Waals surface area contributed by atoms with Gasteiger partial charge in [0.05, 0.1) is 5.39 Å². The second kappa shape index (κ2) is 5.25. The van der Waals surface area contributed by atoms with E-state index in [2.05, 4.69) is 15.3 Å². The Bertz CT molecular complexity index is 836. The van der Waals surface area contributed by atoms with Crippen LogP contribution in [0.5, 0.6) is 0 Å². The molecule has 2 aromatic heterocycles. The number of aryl methyl sites for hydroxylation is 3. The summed E-state index contributed by atoms with van der Waals surface area (Å²) in [6.45, 7) is 1.95. The molecule has 3 aromatic rings. The number of hydrogen-bond donors (Lipinski definition) is 2. The van der Waals surface area contributed by atoms with Gasteiger partial charge in [0.2, 0.25) is 0 Å². The van der Waals surface area contributed by atoms with Gasteiger partial charge in [-0.05, 0) is 62.4 Å². The molecule has 1 aliphatic rings. The highest BCUT2D eigenvalue weighted by Crippen LogP contribution is 2.39. The number of rotatable bonds is 2. The van der Waals surface area contributed by atoms with Crippen LogP contribution in [0, 0.1) is 6.92 Å². The number of hydrogen-bond acceptors (Lipinski definition) is 5. The fourth-order valence-corrected chi connectivity index (χ4v) is 4.36. The molecular weight excluding hydrogens is 292 g/mol. The van der Waals surface area contributed by atoms with Gasteiger partial charge < -0.3 is 11.1 Å². The van der Waals surface area contributed by atoms with Crippen molar-refractivity contribution in [3.8, 4) is 0 Å². The Morgan fingerprint density at radius 1 is 1.09 bits per heavy atom. The van der Waals surface area contributed by atoms with Gasteiger partial charge in [0.1, 0.15) is 16.5 Å². The molecule has 0 fully saturated rings. The lowest BCUT2D eigenvalue weighted by molar-refractivity contribution is 0.700. The van der Waals surface area contributed by atoms with Crippen molar-refractivity contribution in [1.29, 1.82) is 0 Å². The summed E-state index contributed by atoms with van der Waals surface area (Å²) < 4.78 is 0. The zero-order valence-electron chi connectivity index (χ0n) is 12.5. The summed E-state index contributed by atoms with van der Waals surface area (Å²) in [5.41, 5.74) is 8.98. The molecule has 0 saturated heterocycles. The normalized spacial score (nSPS) is 14.0. The quantitative estimate of drug-likeness (QED) is 0.696. The topological polar surface area (TPSA) is 63.8 Å². The van der Waals surface area contributed by atoms with E-state index in [0.29, 0.717) is 0 Å². The largest absolute Gasteiger partial charge is 0.399 e. The molecule has 0 aliphatic heterocycles. The molecule has 0 spiro atoms. The third kappa shape index (κ3) is 2.31. The maximum absolute atomic E-state index is 5.76. The maximum atomic E-state index is 5.76. The first-order valence-corrected chi connectivity index (χ1v) is 8.44. The van der Waals surface area contributed by atoms with Crippen LogP contribution in [0.25, 0.3) is 10.2 Å². The second-order valence-electron chi connectivity index (χ2n) is 5.76. The predicted molar refractivity (Wildman–Crippen MR) is 92.9 cm³/mol. The van der Waals surface area contributed by atoms with E-state index in [1.54, 1.807) is 0 Å². The van der Waals surface area contributed by atoms with Crippen LogP contribution in [0.15, 0.2) is 24.3 Å². The molecule has 3 N–H and O–H groups in total. The van der Waals surface area contributed by atoms with Crippen LogP contribution in [-0.2, 0) is 12.8 Å². The lowest BCUT2D eigenvalue weighted by Crippen LogP contribution is -2.02. The average Bonchev–Trinajstić information content (AvgIpc) is 2.87. The number of anilines is 3. The molecule has 0 bridgehead atoms. The van der Waals surface area contributed by atoms with E-state index in [4.69, 9.17) is 5.73 Å². The number of nitrogens with two attached hydrogens (primary N) is 1. The highest BCUT2D eigenvalue weighted by atomic mass is 32.1. The minimum Gasteiger partial charge on any atom is -0.399 e. The number of fused-ring (bicyclic) bond motifs is 3. The monoisotopic (exact) mass is 310 g/mol. The Balaban J connectivity index is 1.85. The number of nitrogens with one attached hydrogen (secondary N) is 1. The number of aromatic nitrogens is 2. The van der Waals surface area contributed by atoms with Crippen LogP contribution in [0.3, 0.4) is 0 Å². The van der Waals surface area contributed by atoms with Crippen molar-refractivity contribution in [1.82, 2.24) is 9.97 Å². The molecule has 0 saturated carbocycles. The van der Waals surface area contributed by atoms with Crippen LogP contribution in [0.2, 0.25) is 0 Å². The third-order valence-corrected chi connectivity index (χ3v) is 5.29. The molecule has 1 aliphatic carbocycles. The van der Waals surface area contributed by atoms with E-state index in [1.807, 2.05) is 42.5 Å². The van der Waals surface area contributed by atoms with E-state index >= 15 is 0 Å². The molecule has 0 unspecified atom stereocenters. The lowest BCUT2D eigenvalue weighted by Gasteiger charge is -2.13. The Morgan fingerprint density at radius 3 is 2.68 bits per heavy atom. The van der Waals surface area contributed by atoms with Gasteiger partial charge in [0, 0.05) is 16.3 Å². The molecule has 5 heteroatoms.